The molecule has 5 heteroatoms. The van der Waals surface area contributed by atoms with Gasteiger partial charge in [0, 0.05) is 5.75 Å². The third kappa shape index (κ3) is 2.05. The molecule has 1 rings (SSSR count). The van der Waals surface area contributed by atoms with Crippen LogP contribution in [0.15, 0.2) is 0 Å². The molecule has 1 amide bonds. The molecule has 0 spiro atoms. The van der Waals surface area contributed by atoms with E-state index in [1.807, 2.05) is 0 Å². The van der Waals surface area contributed by atoms with Gasteiger partial charge in [-0.1, -0.05) is 20.8 Å². The summed E-state index contributed by atoms with van der Waals surface area (Å²) in [5.74, 6) is 0.235. The van der Waals surface area contributed by atoms with Crippen LogP contribution in [-0.2, 0) is 14.3 Å². The van der Waals surface area contributed by atoms with E-state index >= 15 is 0 Å². The maximum absolute atomic E-state index is 11.7. The van der Waals surface area contributed by atoms with Crippen molar-refractivity contribution in [2.75, 3.05) is 12.9 Å². The number of ether oxygens (including phenoxy) is 1. The number of carbonyl (C=O) groups is 2. The summed E-state index contributed by atoms with van der Waals surface area (Å²) in [7, 11) is 1.35. The largest absolute Gasteiger partial charge is 0.467 e. The fourth-order valence-corrected chi connectivity index (χ4v) is 3.57. The van der Waals surface area contributed by atoms with Gasteiger partial charge in [-0.25, -0.2) is 4.79 Å². The molecule has 0 aromatic rings. The van der Waals surface area contributed by atoms with Crippen LogP contribution in [0.25, 0.3) is 0 Å². The molecular weight excluding hydrogens is 226 g/mol. The summed E-state index contributed by atoms with van der Waals surface area (Å²) in [6.45, 7) is 7.94. The van der Waals surface area contributed by atoms with E-state index in [4.69, 9.17) is 4.74 Å². The van der Waals surface area contributed by atoms with Gasteiger partial charge in [-0.05, 0) is 12.3 Å². The molecule has 0 N–H and O–H groups in total. The highest BCUT2D eigenvalue weighted by molar-refractivity contribution is 8.00. The lowest BCUT2D eigenvalue weighted by Gasteiger charge is -2.37. The van der Waals surface area contributed by atoms with Crippen molar-refractivity contribution in [2.45, 2.75) is 38.6 Å². The van der Waals surface area contributed by atoms with Gasteiger partial charge in [0.05, 0.1) is 12.5 Å². The van der Waals surface area contributed by atoms with Gasteiger partial charge in [-0.2, -0.15) is 0 Å². The third-order valence-electron chi connectivity index (χ3n) is 2.82. The minimum Gasteiger partial charge on any atom is -0.467 e. The van der Waals surface area contributed by atoms with Crippen molar-refractivity contribution in [1.29, 1.82) is 0 Å². The van der Waals surface area contributed by atoms with Crippen LogP contribution in [0.3, 0.4) is 0 Å². The average molecular weight is 245 g/mol. The fraction of sp³-hybridized carbons (Fsp3) is 0.818. The fourth-order valence-electron chi connectivity index (χ4n) is 1.88. The van der Waals surface area contributed by atoms with Crippen LogP contribution in [0.4, 0.5) is 0 Å². The number of esters is 1. The molecule has 1 aliphatic heterocycles. The first-order valence-corrected chi connectivity index (χ1v) is 6.26. The first-order chi connectivity index (χ1) is 7.27. The molecule has 16 heavy (non-hydrogen) atoms. The van der Waals surface area contributed by atoms with Crippen molar-refractivity contribution in [3.8, 4) is 0 Å². The van der Waals surface area contributed by atoms with Crippen LogP contribution in [0.5, 0.6) is 0 Å². The molecule has 2 atom stereocenters. The Morgan fingerprint density at radius 3 is 2.50 bits per heavy atom. The standard InChI is InChI=1S/C11H19NO3S/c1-10(2,3)8-12(7-13)11(4,6-16-8)9(14)15-5/h7-8H,6H2,1-5H3/t8-,11-/m1/s1. The number of amides is 1. The molecular formula is C11H19NO3S. The molecule has 1 saturated heterocycles. The summed E-state index contributed by atoms with van der Waals surface area (Å²) < 4.78 is 4.78. The maximum Gasteiger partial charge on any atom is 0.332 e. The Kier molecular flexibility index (Phi) is 3.57. The molecule has 1 aliphatic rings. The zero-order valence-electron chi connectivity index (χ0n) is 10.4. The summed E-state index contributed by atoms with van der Waals surface area (Å²) in [6, 6.07) is 0. The van der Waals surface area contributed by atoms with E-state index < -0.39 is 5.54 Å². The van der Waals surface area contributed by atoms with Crippen LogP contribution in [0, 0.1) is 5.41 Å². The second-order valence-corrected chi connectivity index (χ2v) is 6.38. The van der Waals surface area contributed by atoms with Gasteiger partial charge in [-0.15, -0.1) is 11.8 Å². The van der Waals surface area contributed by atoms with E-state index in [1.165, 1.54) is 7.11 Å². The van der Waals surface area contributed by atoms with E-state index in [2.05, 4.69) is 20.8 Å². The first kappa shape index (κ1) is 13.4. The molecule has 0 radical (unpaired) electrons. The first-order valence-electron chi connectivity index (χ1n) is 5.21. The minimum atomic E-state index is -0.834. The molecule has 4 nitrogen and oxygen atoms in total. The van der Waals surface area contributed by atoms with E-state index in [0.29, 0.717) is 5.75 Å². The predicted octanol–water partition coefficient (Wildman–Crippen LogP) is 1.50. The zero-order chi connectivity index (χ0) is 12.6. The highest BCUT2D eigenvalue weighted by atomic mass is 32.2. The van der Waals surface area contributed by atoms with Gasteiger partial charge < -0.3 is 9.64 Å². The molecule has 1 heterocycles. The van der Waals surface area contributed by atoms with Crippen molar-refractivity contribution >= 4 is 24.1 Å². The van der Waals surface area contributed by atoms with E-state index in [-0.39, 0.29) is 16.8 Å². The Hall–Kier alpha value is -0.710. The van der Waals surface area contributed by atoms with Gasteiger partial charge in [0.1, 0.15) is 5.54 Å². The number of nitrogens with zero attached hydrogens (tertiary/aromatic N) is 1. The highest BCUT2D eigenvalue weighted by Gasteiger charge is 2.52. The van der Waals surface area contributed by atoms with E-state index in [9.17, 15) is 9.59 Å². The normalized spacial score (nSPS) is 30.3. The van der Waals surface area contributed by atoms with Crippen LogP contribution in [-0.4, -0.2) is 41.1 Å². The average Bonchev–Trinajstić information content (AvgIpc) is 2.54. The number of thioether (sulfide) groups is 1. The molecule has 0 aromatic carbocycles. The second kappa shape index (κ2) is 4.28. The quantitative estimate of drug-likeness (QED) is 0.546. The second-order valence-electron chi connectivity index (χ2n) is 5.31. The van der Waals surface area contributed by atoms with E-state index in [1.54, 1.807) is 23.6 Å². The van der Waals surface area contributed by atoms with Gasteiger partial charge in [0.2, 0.25) is 6.41 Å². The summed E-state index contributed by atoms with van der Waals surface area (Å²) in [5, 5.41) is 0.00843. The summed E-state index contributed by atoms with van der Waals surface area (Å²) in [4.78, 5) is 24.5. The Morgan fingerprint density at radius 1 is 1.56 bits per heavy atom. The van der Waals surface area contributed by atoms with Crippen LogP contribution >= 0.6 is 11.8 Å². The Labute approximate surface area is 101 Å². The number of hydrogen-bond donors (Lipinski definition) is 0. The lowest BCUT2D eigenvalue weighted by atomic mass is 9.92. The lowest BCUT2D eigenvalue weighted by molar-refractivity contribution is -0.156. The monoisotopic (exact) mass is 245 g/mol. The SMILES string of the molecule is COC(=O)[C@@]1(C)CS[C@H](C(C)(C)C)N1C=O. The zero-order valence-corrected chi connectivity index (χ0v) is 11.3. The van der Waals surface area contributed by atoms with E-state index in [0.717, 1.165) is 6.41 Å². The van der Waals surface area contributed by atoms with Gasteiger partial charge in [0.25, 0.3) is 0 Å². The Morgan fingerprint density at radius 2 is 2.12 bits per heavy atom. The lowest BCUT2D eigenvalue weighted by Crippen LogP contribution is -2.54. The molecule has 0 unspecified atom stereocenters. The van der Waals surface area contributed by atoms with Crippen LogP contribution in [0.1, 0.15) is 27.7 Å². The maximum atomic E-state index is 11.7. The van der Waals surface area contributed by atoms with Gasteiger partial charge >= 0.3 is 5.97 Å². The molecule has 0 aliphatic carbocycles. The molecule has 0 bridgehead atoms. The van der Waals surface area contributed by atoms with Crippen molar-refractivity contribution in [2.24, 2.45) is 5.41 Å². The summed E-state index contributed by atoms with van der Waals surface area (Å²) in [5.41, 5.74) is -0.892. The number of rotatable bonds is 2. The van der Waals surface area contributed by atoms with Crippen LogP contribution < -0.4 is 0 Å². The molecule has 92 valence electrons. The third-order valence-corrected chi connectivity index (χ3v) is 4.80. The van der Waals surface area contributed by atoms with Gasteiger partial charge in [0.15, 0.2) is 0 Å². The predicted molar refractivity (Wildman–Crippen MR) is 64.0 cm³/mol. The molecule has 0 saturated carbocycles. The number of hydrogen-bond acceptors (Lipinski definition) is 4. The number of methoxy groups -OCH3 is 1. The Bertz CT molecular complexity index is 300. The van der Waals surface area contributed by atoms with Gasteiger partial charge in [-0.3, -0.25) is 4.79 Å². The van der Waals surface area contributed by atoms with Crippen molar-refractivity contribution < 1.29 is 14.3 Å². The topological polar surface area (TPSA) is 46.6 Å². The van der Waals surface area contributed by atoms with Crippen molar-refractivity contribution in [1.82, 2.24) is 4.90 Å². The minimum absolute atomic E-state index is 0.00843. The summed E-state index contributed by atoms with van der Waals surface area (Å²) in [6.07, 6.45) is 0.757. The smallest absolute Gasteiger partial charge is 0.332 e. The highest BCUT2D eigenvalue weighted by Crippen LogP contribution is 2.44. The molecule has 1 fully saturated rings. The Balaban J connectivity index is 3.02. The molecule has 0 aromatic heterocycles. The van der Waals surface area contributed by atoms with Crippen LogP contribution in [0.2, 0.25) is 0 Å². The van der Waals surface area contributed by atoms with Crippen molar-refractivity contribution in [3.05, 3.63) is 0 Å². The summed E-state index contributed by atoms with van der Waals surface area (Å²) >= 11 is 1.63. The number of carbonyl (C=O) groups excluding carboxylic acids is 2. The van der Waals surface area contributed by atoms with Crippen molar-refractivity contribution in [3.63, 3.8) is 0 Å².